The van der Waals surface area contributed by atoms with E-state index in [0.29, 0.717) is 19.5 Å². The highest BCUT2D eigenvalue weighted by atomic mass is 16.2. The van der Waals surface area contributed by atoms with Crippen LogP contribution in [0.5, 0.6) is 0 Å². The van der Waals surface area contributed by atoms with E-state index >= 15 is 0 Å². The van der Waals surface area contributed by atoms with Crippen molar-refractivity contribution < 1.29 is 9.59 Å². The summed E-state index contributed by atoms with van der Waals surface area (Å²) >= 11 is 0. The number of nitrogens with one attached hydrogen (secondary N) is 1. The van der Waals surface area contributed by atoms with E-state index in [2.05, 4.69) is 5.32 Å². The average Bonchev–Trinajstić information content (AvgIpc) is 2.68. The Labute approximate surface area is 102 Å². The van der Waals surface area contributed by atoms with Crippen molar-refractivity contribution in [3.63, 3.8) is 0 Å². The summed E-state index contributed by atoms with van der Waals surface area (Å²) in [5.41, 5.74) is 5.87. The fraction of sp³-hybridized carbons (Fsp3) is 0.833. The standard InChI is InChI=1S/C12H21N3O2/c1-9-11(17)14-6-7-15(9)10(16)8-12(13)4-2-3-5-12/h9H,2-8,13H2,1H3,(H,14,17). The zero-order chi connectivity index (χ0) is 12.5. The molecule has 5 nitrogen and oxygen atoms in total. The molecule has 0 spiro atoms. The predicted molar refractivity (Wildman–Crippen MR) is 64.2 cm³/mol. The Balaban J connectivity index is 1.97. The number of nitrogens with two attached hydrogens (primary N) is 1. The van der Waals surface area contributed by atoms with Crippen LogP contribution in [0.15, 0.2) is 0 Å². The van der Waals surface area contributed by atoms with E-state index in [9.17, 15) is 9.59 Å². The number of nitrogens with zero attached hydrogens (tertiary/aromatic N) is 1. The molecule has 1 aliphatic carbocycles. The fourth-order valence-corrected chi connectivity index (χ4v) is 2.78. The fourth-order valence-electron chi connectivity index (χ4n) is 2.78. The molecule has 1 aliphatic heterocycles. The monoisotopic (exact) mass is 239 g/mol. The smallest absolute Gasteiger partial charge is 0.242 e. The minimum Gasteiger partial charge on any atom is -0.353 e. The van der Waals surface area contributed by atoms with Gasteiger partial charge in [-0.25, -0.2) is 0 Å². The summed E-state index contributed by atoms with van der Waals surface area (Å²) < 4.78 is 0. The van der Waals surface area contributed by atoms with Gasteiger partial charge < -0.3 is 16.0 Å². The topological polar surface area (TPSA) is 75.4 Å². The van der Waals surface area contributed by atoms with Crippen molar-refractivity contribution in [1.29, 1.82) is 0 Å². The van der Waals surface area contributed by atoms with Crippen LogP contribution in [-0.2, 0) is 9.59 Å². The van der Waals surface area contributed by atoms with Gasteiger partial charge in [0.05, 0.1) is 0 Å². The van der Waals surface area contributed by atoms with Crippen molar-refractivity contribution >= 4 is 11.8 Å². The molecule has 96 valence electrons. The van der Waals surface area contributed by atoms with Crippen molar-refractivity contribution in [2.24, 2.45) is 5.73 Å². The van der Waals surface area contributed by atoms with Crippen LogP contribution < -0.4 is 11.1 Å². The Kier molecular flexibility index (Phi) is 3.38. The molecule has 0 aromatic heterocycles. The summed E-state index contributed by atoms with van der Waals surface area (Å²) in [6.45, 7) is 2.92. The van der Waals surface area contributed by atoms with Crippen LogP contribution in [0.1, 0.15) is 39.0 Å². The van der Waals surface area contributed by atoms with Crippen LogP contribution >= 0.6 is 0 Å². The molecule has 17 heavy (non-hydrogen) atoms. The lowest BCUT2D eigenvalue weighted by atomic mass is 9.93. The van der Waals surface area contributed by atoms with Gasteiger partial charge in [0.15, 0.2) is 0 Å². The van der Waals surface area contributed by atoms with Crippen molar-refractivity contribution in [1.82, 2.24) is 10.2 Å². The lowest BCUT2D eigenvalue weighted by Crippen LogP contribution is -2.57. The zero-order valence-corrected chi connectivity index (χ0v) is 10.4. The maximum absolute atomic E-state index is 12.2. The summed E-state index contributed by atoms with van der Waals surface area (Å²) in [5, 5.41) is 2.76. The Bertz CT molecular complexity index is 324. The van der Waals surface area contributed by atoms with Gasteiger partial charge in [-0.3, -0.25) is 9.59 Å². The molecule has 3 N–H and O–H groups in total. The highest BCUT2D eigenvalue weighted by Gasteiger charge is 2.36. The third-order valence-electron chi connectivity index (χ3n) is 3.92. The molecule has 0 aromatic carbocycles. The van der Waals surface area contributed by atoms with Crippen LogP contribution in [-0.4, -0.2) is 41.4 Å². The second-order valence-electron chi connectivity index (χ2n) is 5.30. The first-order valence-electron chi connectivity index (χ1n) is 6.38. The van der Waals surface area contributed by atoms with Gasteiger partial charge in [-0.05, 0) is 19.8 Å². The van der Waals surface area contributed by atoms with E-state index < -0.39 is 0 Å². The van der Waals surface area contributed by atoms with Gasteiger partial charge in [0, 0.05) is 25.0 Å². The lowest BCUT2D eigenvalue weighted by Gasteiger charge is -2.35. The van der Waals surface area contributed by atoms with Crippen LogP contribution in [0.25, 0.3) is 0 Å². The molecule has 2 aliphatic rings. The number of carbonyl (C=O) groups excluding carboxylic acids is 2. The quantitative estimate of drug-likeness (QED) is 0.712. The van der Waals surface area contributed by atoms with Gasteiger partial charge >= 0.3 is 0 Å². The SMILES string of the molecule is CC1C(=O)NCCN1C(=O)CC1(N)CCCC1. The van der Waals surface area contributed by atoms with Crippen LogP contribution in [0.4, 0.5) is 0 Å². The zero-order valence-electron chi connectivity index (χ0n) is 10.4. The molecule has 0 aromatic rings. The van der Waals surface area contributed by atoms with Gasteiger partial charge in [0.1, 0.15) is 6.04 Å². The molecule has 1 heterocycles. The molecule has 2 rings (SSSR count). The van der Waals surface area contributed by atoms with Crippen LogP contribution in [0.3, 0.4) is 0 Å². The van der Waals surface area contributed by atoms with Crippen LogP contribution in [0, 0.1) is 0 Å². The maximum atomic E-state index is 12.2. The first-order chi connectivity index (χ1) is 8.02. The van der Waals surface area contributed by atoms with E-state index in [-0.39, 0.29) is 23.4 Å². The Morgan fingerprint density at radius 3 is 2.82 bits per heavy atom. The summed E-state index contributed by atoms with van der Waals surface area (Å²) in [6.07, 6.45) is 4.45. The number of piperazine rings is 1. The molecule has 1 atom stereocenters. The van der Waals surface area contributed by atoms with E-state index in [1.54, 1.807) is 11.8 Å². The van der Waals surface area contributed by atoms with Gasteiger partial charge in [0.2, 0.25) is 11.8 Å². The minimum absolute atomic E-state index is 0.0248. The highest BCUT2D eigenvalue weighted by molar-refractivity contribution is 5.88. The van der Waals surface area contributed by atoms with E-state index in [4.69, 9.17) is 5.73 Å². The molecule has 1 saturated carbocycles. The molecule has 0 radical (unpaired) electrons. The Hall–Kier alpha value is -1.10. The molecule has 1 saturated heterocycles. The number of hydrogen-bond acceptors (Lipinski definition) is 3. The number of rotatable bonds is 2. The number of amides is 2. The third-order valence-corrected chi connectivity index (χ3v) is 3.92. The van der Waals surface area contributed by atoms with Gasteiger partial charge in [-0.2, -0.15) is 0 Å². The first kappa shape index (κ1) is 12.4. The highest BCUT2D eigenvalue weighted by Crippen LogP contribution is 2.30. The van der Waals surface area contributed by atoms with Crippen molar-refractivity contribution in [2.75, 3.05) is 13.1 Å². The normalized spacial score (nSPS) is 28.0. The third kappa shape index (κ3) is 2.60. The predicted octanol–water partition coefficient (Wildman–Crippen LogP) is -0.00510. The van der Waals surface area contributed by atoms with Crippen LogP contribution in [0.2, 0.25) is 0 Å². The van der Waals surface area contributed by atoms with Crippen molar-refractivity contribution in [3.8, 4) is 0 Å². The Morgan fingerprint density at radius 1 is 1.53 bits per heavy atom. The second-order valence-corrected chi connectivity index (χ2v) is 5.30. The van der Waals surface area contributed by atoms with Crippen molar-refractivity contribution in [2.45, 2.75) is 50.6 Å². The summed E-state index contributed by atoms with van der Waals surface area (Å²) in [7, 11) is 0. The second kappa shape index (κ2) is 4.64. The molecule has 2 fully saturated rings. The van der Waals surface area contributed by atoms with E-state index in [0.717, 1.165) is 25.7 Å². The van der Waals surface area contributed by atoms with Gasteiger partial charge in [-0.1, -0.05) is 12.8 Å². The first-order valence-corrected chi connectivity index (χ1v) is 6.38. The van der Waals surface area contributed by atoms with Crippen molar-refractivity contribution in [3.05, 3.63) is 0 Å². The molecule has 2 amide bonds. The number of hydrogen-bond donors (Lipinski definition) is 2. The summed E-state index contributed by atoms with van der Waals surface area (Å²) in [5.74, 6) is -0.0427. The average molecular weight is 239 g/mol. The van der Waals surface area contributed by atoms with E-state index in [1.807, 2.05) is 0 Å². The Morgan fingerprint density at radius 2 is 2.18 bits per heavy atom. The molecule has 0 bridgehead atoms. The van der Waals surface area contributed by atoms with E-state index in [1.165, 1.54) is 0 Å². The minimum atomic E-state index is -0.360. The maximum Gasteiger partial charge on any atom is 0.242 e. The molecule has 1 unspecified atom stereocenters. The molecular weight excluding hydrogens is 218 g/mol. The van der Waals surface area contributed by atoms with Gasteiger partial charge in [0.25, 0.3) is 0 Å². The summed E-state index contributed by atoms with van der Waals surface area (Å²) in [4.78, 5) is 25.3. The summed E-state index contributed by atoms with van der Waals surface area (Å²) in [6, 6.07) is -0.360. The largest absolute Gasteiger partial charge is 0.353 e. The molecular formula is C12H21N3O2. The number of carbonyl (C=O) groups is 2. The van der Waals surface area contributed by atoms with Gasteiger partial charge in [-0.15, -0.1) is 0 Å². The lowest BCUT2D eigenvalue weighted by molar-refractivity contribution is -0.143. The molecule has 5 heteroatoms.